The van der Waals surface area contributed by atoms with Crippen molar-refractivity contribution in [1.29, 1.82) is 21.0 Å². The predicted molar refractivity (Wildman–Crippen MR) is 62.2 cm³/mol. The molecule has 0 saturated heterocycles. The van der Waals surface area contributed by atoms with E-state index >= 15 is 0 Å². The van der Waals surface area contributed by atoms with Crippen molar-refractivity contribution in [2.45, 2.75) is 13.3 Å². The van der Waals surface area contributed by atoms with Crippen molar-refractivity contribution in [2.75, 3.05) is 14.1 Å². The van der Waals surface area contributed by atoms with Crippen molar-refractivity contribution in [1.82, 2.24) is 5.01 Å². The Hall–Kier alpha value is -2.57. The molecule has 0 bridgehead atoms. The maximum atomic E-state index is 9.34. The first-order chi connectivity index (χ1) is 8.44. The molecule has 0 aromatic carbocycles. The molecule has 0 aromatic rings. The zero-order chi connectivity index (χ0) is 14.0. The van der Waals surface area contributed by atoms with Crippen molar-refractivity contribution in [3.63, 3.8) is 0 Å². The van der Waals surface area contributed by atoms with Crippen LogP contribution in [0.2, 0.25) is 0 Å². The maximum Gasteiger partial charge on any atom is 0.214 e. The van der Waals surface area contributed by atoms with Crippen molar-refractivity contribution in [3.05, 3.63) is 0 Å². The van der Waals surface area contributed by atoms with E-state index in [9.17, 15) is 21.0 Å². The molecule has 6 heteroatoms. The monoisotopic (exact) mass is 240 g/mol. The van der Waals surface area contributed by atoms with Gasteiger partial charge in [-0.2, -0.15) is 26.1 Å². The Morgan fingerprint density at radius 2 is 1.61 bits per heavy atom. The summed E-state index contributed by atoms with van der Waals surface area (Å²) in [5, 5.41) is 42.9. The van der Waals surface area contributed by atoms with Gasteiger partial charge in [-0.15, -0.1) is 0 Å². The van der Waals surface area contributed by atoms with E-state index in [-0.39, 0.29) is 5.71 Å². The molecule has 0 aliphatic heterocycles. The number of hydrazone groups is 1. The van der Waals surface area contributed by atoms with Crippen LogP contribution in [0.4, 0.5) is 0 Å². The molecule has 1 saturated carbocycles. The van der Waals surface area contributed by atoms with Crippen LogP contribution < -0.4 is 0 Å². The number of rotatable bonds is 1. The Kier molecular flexibility index (Phi) is 3.27. The molecule has 0 N–H and O–H groups in total. The second kappa shape index (κ2) is 4.36. The van der Waals surface area contributed by atoms with Gasteiger partial charge in [0, 0.05) is 14.1 Å². The molecule has 0 heterocycles. The highest BCUT2D eigenvalue weighted by molar-refractivity contribution is 5.99. The standard InChI is InChI=1S/C12H12N6/c1-9-4-10(17-18(2)3)12(7-15,8-16)11(9,5-13)6-14/h9H,4H2,1-3H3/b17-10-/t9-/m1/s1. The van der Waals surface area contributed by atoms with Gasteiger partial charge < -0.3 is 5.01 Å². The van der Waals surface area contributed by atoms with Crippen LogP contribution in [0, 0.1) is 62.1 Å². The highest BCUT2D eigenvalue weighted by atomic mass is 15.4. The molecule has 18 heavy (non-hydrogen) atoms. The highest BCUT2D eigenvalue weighted by Gasteiger charge is 2.66. The van der Waals surface area contributed by atoms with Gasteiger partial charge in [-0.25, -0.2) is 0 Å². The molecule has 1 aliphatic rings. The van der Waals surface area contributed by atoms with Gasteiger partial charge in [-0.3, -0.25) is 0 Å². The SMILES string of the molecule is C[C@@H]1C/C(=N/N(C)C)C(C#N)(C#N)C1(C#N)C#N. The van der Waals surface area contributed by atoms with Gasteiger partial charge >= 0.3 is 0 Å². The van der Waals surface area contributed by atoms with Gasteiger partial charge in [0.15, 0.2) is 5.41 Å². The fraction of sp³-hybridized carbons (Fsp3) is 0.583. The molecule has 0 amide bonds. The van der Waals surface area contributed by atoms with Crippen LogP contribution in [0.25, 0.3) is 0 Å². The lowest BCUT2D eigenvalue weighted by Gasteiger charge is -2.26. The van der Waals surface area contributed by atoms with E-state index in [0.717, 1.165) is 0 Å². The summed E-state index contributed by atoms with van der Waals surface area (Å²) in [6, 6.07) is 7.42. The van der Waals surface area contributed by atoms with Gasteiger partial charge in [0.05, 0.1) is 30.0 Å². The summed E-state index contributed by atoms with van der Waals surface area (Å²) < 4.78 is 0. The third-order valence-electron chi connectivity index (χ3n) is 3.27. The highest BCUT2D eigenvalue weighted by Crippen LogP contribution is 2.53. The summed E-state index contributed by atoms with van der Waals surface area (Å²) in [5.74, 6) is -0.412. The minimum Gasteiger partial charge on any atom is -0.303 e. The second-order valence-corrected chi connectivity index (χ2v) is 4.50. The van der Waals surface area contributed by atoms with Gasteiger partial charge in [-0.05, 0) is 12.3 Å². The molecule has 0 unspecified atom stereocenters. The number of nitriles is 4. The molecule has 0 spiro atoms. The first kappa shape index (κ1) is 13.5. The average molecular weight is 240 g/mol. The number of hydrogen-bond acceptors (Lipinski definition) is 6. The van der Waals surface area contributed by atoms with Crippen LogP contribution in [0.1, 0.15) is 13.3 Å². The Balaban J connectivity index is 3.62. The molecule has 0 radical (unpaired) electrons. The second-order valence-electron chi connectivity index (χ2n) is 4.50. The molecule has 90 valence electrons. The topological polar surface area (TPSA) is 111 Å². The van der Waals surface area contributed by atoms with Crippen LogP contribution in [0.3, 0.4) is 0 Å². The van der Waals surface area contributed by atoms with E-state index in [2.05, 4.69) is 5.10 Å². The molecule has 0 aromatic heterocycles. The summed E-state index contributed by atoms with van der Waals surface area (Å²) in [7, 11) is 3.33. The van der Waals surface area contributed by atoms with E-state index in [1.807, 2.05) is 24.3 Å². The van der Waals surface area contributed by atoms with Gasteiger partial charge in [0.1, 0.15) is 0 Å². The molecule has 1 fully saturated rings. The predicted octanol–water partition coefficient (Wildman–Crippen LogP) is 1.01. The van der Waals surface area contributed by atoms with Gasteiger partial charge in [0.25, 0.3) is 0 Å². The van der Waals surface area contributed by atoms with Crippen LogP contribution >= 0.6 is 0 Å². The summed E-state index contributed by atoms with van der Waals surface area (Å²) in [5.41, 5.74) is -3.17. The Bertz CT molecular complexity index is 517. The van der Waals surface area contributed by atoms with Crippen molar-refractivity contribution in [2.24, 2.45) is 21.8 Å². The molecule has 1 atom stereocenters. The largest absolute Gasteiger partial charge is 0.303 e. The van der Waals surface area contributed by atoms with Gasteiger partial charge in [0.2, 0.25) is 5.41 Å². The maximum absolute atomic E-state index is 9.34. The fourth-order valence-corrected chi connectivity index (χ4v) is 2.29. The third-order valence-corrected chi connectivity index (χ3v) is 3.27. The molecular weight excluding hydrogens is 228 g/mol. The zero-order valence-corrected chi connectivity index (χ0v) is 10.5. The summed E-state index contributed by atoms with van der Waals surface area (Å²) in [6.07, 6.45) is 0.292. The first-order valence-electron chi connectivity index (χ1n) is 5.34. The summed E-state index contributed by atoms with van der Waals surface area (Å²) in [6.45, 7) is 1.69. The lowest BCUT2D eigenvalue weighted by Crippen LogP contribution is -2.40. The lowest BCUT2D eigenvalue weighted by atomic mass is 9.65. The number of hydrogen-bond donors (Lipinski definition) is 0. The molecular formula is C12H12N6. The smallest absolute Gasteiger partial charge is 0.214 e. The van der Waals surface area contributed by atoms with Crippen molar-refractivity contribution < 1.29 is 0 Å². The molecule has 1 rings (SSSR count). The molecule has 1 aliphatic carbocycles. The van der Waals surface area contributed by atoms with E-state index in [4.69, 9.17) is 0 Å². The quantitative estimate of drug-likeness (QED) is 0.635. The first-order valence-corrected chi connectivity index (χ1v) is 5.34. The molecule has 6 nitrogen and oxygen atoms in total. The Morgan fingerprint density at radius 1 is 1.11 bits per heavy atom. The normalized spacial score (nSPS) is 25.5. The summed E-state index contributed by atoms with van der Waals surface area (Å²) >= 11 is 0. The van der Waals surface area contributed by atoms with Crippen molar-refractivity contribution >= 4 is 5.71 Å². The van der Waals surface area contributed by atoms with E-state index in [0.29, 0.717) is 6.42 Å². The van der Waals surface area contributed by atoms with Crippen LogP contribution in [0.5, 0.6) is 0 Å². The van der Waals surface area contributed by atoms with E-state index in [1.165, 1.54) is 5.01 Å². The van der Waals surface area contributed by atoms with Gasteiger partial charge in [-0.1, -0.05) is 6.92 Å². The average Bonchev–Trinajstić information content (AvgIpc) is 2.57. The van der Waals surface area contributed by atoms with Crippen molar-refractivity contribution in [3.8, 4) is 24.3 Å². The minimum absolute atomic E-state index is 0.285. The minimum atomic E-state index is -1.79. The third kappa shape index (κ3) is 1.41. The van der Waals surface area contributed by atoms with E-state index in [1.54, 1.807) is 21.0 Å². The van der Waals surface area contributed by atoms with Crippen LogP contribution in [-0.2, 0) is 0 Å². The Morgan fingerprint density at radius 3 is 1.94 bits per heavy atom. The summed E-state index contributed by atoms with van der Waals surface area (Å²) in [4.78, 5) is 0. The van der Waals surface area contributed by atoms with Crippen LogP contribution in [0.15, 0.2) is 5.10 Å². The number of nitrogens with zero attached hydrogens (tertiary/aromatic N) is 6. The fourth-order valence-electron chi connectivity index (χ4n) is 2.29. The zero-order valence-electron chi connectivity index (χ0n) is 10.5. The Labute approximate surface area is 106 Å². The lowest BCUT2D eigenvalue weighted by molar-refractivity contribution is 0.316. The van der Waals surface area contributed by atoms with E-state index < -0.39 is 16.7 Å². The van der Waals surface area contributed by atoms with Crippen LogP contribution in [-0.4, -0.2) is 24.8 Å².